The average molecular weight is 192 g/mol. The molecule has 1 aromatic rings. The summed E-state index contributed by atoms with van der Waals surface area (Å²) in [5.74, 6) is 0. The summed E-state index contributed by atoms with van der Waals surface area (Å²) < 4.78 is 0. The molecule has 0 aliphatic rings. The highest BCUT2D eigenvalue weighted by molar-refractivity contribution is 6.31. The van der Waals surface area contributed by atoms with E-state index in [0.717, 1.165) is 10.6 Å². The molecule has 3 heteroatoms. The van der Waals surface area contributed by atoms with E-state index >= 15 is 0 Å². The maximum absolute atomic E-state index is 5.88. The Morgan fingerprint density at radius 1 is 1.36 bits per heavy atom. The molecule has 0 aromatic heterocycles. The van der Waals surface area contributed by atoms with Crippen LogP contribution in [0.4, 0.5) is 0 Å². The largest absolute Gasteiger partial charge is 1.00 e. The standard InChI is InChI=1S/C8H10ClN.ClH/c1-6(10)7-4-2-3-5-8(7)9;/h2-6H,10H2,1H3;1H. The lowest BCUT2D eigenvalue weighted by atomic mass is 10.1. The maximum Gasteiger partial charge on any atom is 0.109 e. The van der Waals surface area contributed by atoms with E-state index in [-0.39, 0.29) is 18.4 Å². The molecule has 0 aliphatic carbocycles. The van der Waals surface area contributed by atoms with Crippen LogP contribution in [0.15, 0.2) is 24.3 Å². The average Bonchev–Trinajstić information content (AvgIpc) is 1.88. The van der Waals surface area contributed by atoms with Gasteiger partial charge in [0, 0.05) is 10.6 Å². The number of rotatable bonds is 1. The van der Waals surface area contributed by atoms with Gasteiger partial charge in [0.15, 0.2) is 0 Å². The van der Waals surface area contributed by atoms with Gasteiger partial charge in [-0.3, -0.25) is 0 Å². The zero-order valence-electron chi connectivity index (χ0n) is 6.35. The fraction of sp³-hybridized carbons (Fsp3) is 0.250. The predicted octanol–water partition coefficient (Wildman–Crippen LogP) is -1.35. The van der Waals surface area contributed by atoms with Gasteiger partial charge in [-0.05, 0) is 13.0 Å². The van der Waals surface area contributed by atoms with Crippen LogP contribution in [0.25, 0.3) is 0 Å². The van der Waals surface area contributed by atoms with Gasteiger partial charge in [-0.15, -0.1) is 0 Å². The van der Waals surface area contributed by atoms with E-state index in [2.05, 4.69) is 5.73 Å². The minimum absolute atomic E-state index is 0. The van der Waals surface area contributed by atoms with Crippen molar-refractivity contribution < 1.29 is 18.1 Å². The van der Waals surface area contributed by atoms with Crippen LogP contribution in [0.2, 0.25) is 5.02 Å². The van der Waals surface area contributed by atoms with Crippen LogP contribution < -0.4 is 18.1 Å². The van der Waals surface area contributed by atoms with Crippen molar-refractivity contribution in [1.29, 1.82) is 0 Å². The second kappa shape index (κ2) is 4.60. The first-order chi connectivity index (χ1) is 4.72. The fourth-order valence-corrected chi connectivity index (χ4v) is 1.20. The van der Waals surface area contributed by atoms with E-state index < -0.39 is 0 Å². The first kappa shape index (κ1) is 10.8. The third-order valence-electron chi connectivity index (χ3n) is 1.44. The molecule has 3 N–H and O–H groups in total. The molecule has 0 bridgehead atoms. The summed E-state index contributed by atoms with van der Waals surface area (Å²) in [6, 6.07) is 8.06. The number of quaternary nitrogens is 1. The minimum atomic E-state index is 0. The van der Waals surface area contributed by atoms with Crippen LogP contribution in [-0.4, -0.2) is 0 Å². The predicted molar refractivity (Wildman–Crippen MR) is 42.8 cm³/mol. The molecule has 0 aliphatic heterocycles. The van der Waals surface area contributed by atoms with Gasteiger partial charge >= 0.3 is 0 Å². The minimum Gasteiger partial charge on any atom is -1.00 e. The van der Waals surface area contributed by atoms with Gasteiger partial charge in [-0.25, -0.2) is 0 Å². The van der Waals surface area contributed by atoms with E-state index in [1.807, 2.05) is 31.2 Å². The van der Waals surface area contributed by atoms with E-state index in [0.29, 0.717) is 0 Å². The Balaban J connectivity index is 0.000001000. The normalized spacial score (nSPS) is 11.9. The summed E-state index contributed by atoms with van der Waals surface area (Å²) in [5, 5.41) is 0.810. The molecule has 1 unspecified atom stereocenters. The van der Waals surface area contributed by atoms with Crippen LogP contribution >= 0.6 is 11.6 Å². The fourth-order valence-electron chi connectivity index (χ4n) is 0.875. The first-order valence-corrected chi connectivity index (χ1v) is 3.67. The van der Waals surface area contributed by atoms with Gasteiger partial charge in [0.25, 0.3) is 0 Å². The molecule has 0 saturated heterocycles. The Bertz CT molecular complexity index is 223. The molecule has 11 heavy (non-hydrogen) atoms. The third-order valence-corrected chi connectivity index (χ3v) is 1.78. The van der Waals surface area contributed by atoms with E-state index in [1.54, 1.807) is 0 Å². The molecule has 62 valence electrons. The Morgan fingerprint density at radius 3 is 2.27 bits per heavy atom. The summed E-state index contributed by atoms with van der Waals surface area (Å²) in [7, 11) is 0. The second-order valence-corrected chi connectivity index (χ2v) is 2.83. The van der Waals surface area contributed by atoms with E-state index in [4.69, 9.17) is 11.6 Å². The van der Waals surface area contributed by atoms with Crippen molar-refractivity contribution in [3.05, 3.63) is 34.9 Å². The number of halogens is 2. The molecule has 0 spiro atoms. The molecule has 1 aromatic carbocycles. The van der Waals surface area contributed by atoms with Crippen molar-refractivity contribution in [2.24, 2.45) is 0 Å². The summed E-state index contributed by atoms with van der Waals surface area (Å²) in [6.45, 7) is 2.03. The van der Waals surface area contributed by atoms with Crippen molar-refractivity contribution in [2.75, 3.05) is 0 Å². The van der Waals surface area contributed by atoms with Crippen molar-refractivity contribution in [3.8, 4) is 0 Å². The van der Waals surface area contributed by atoms with Crippen molar-refractivity contribution in [3.63, 3.8) is 0 Å². The second-order valence-electron chi connectivity index (χ2n) is 2.42. The lowest BCUT2D eigenvalue weighted by molar-refractivity contribution is -0.420. The smallest absolute Gasteiger partial charge is 0.109 e. The molecule has 1 nitrogen and oxygen atoms in total. The first-order valence-electron chi connectivity index (χ1n) is 3.29. The van der Waals surface area contributed by atoms with E-state index in [9.17, 15) is 0 Å². The highest BCUT2D eigenvalue weighted by Crippen LogP contribution is 2.18. The van der Waals surface area contributed by atoms with Crippen LogP contribution in [0, 0.1) is 0 Å². The van der Waals surface area contributed by atoms with Crippen LogP contribution in [0.5, 0.6) is 0 Å². The van der Waals surface area contributed by atoms with Gasteiger partial charge in [0.2, 0.25) is 0 Å². The monoisotopic (exact) mass is 191 g/mol. The number of benzene rings is 1. The highest BCUT2D eigenvalue weighted by Gasteiger charge is 2.04. The quantitative estimate of drug-likeness (QED) is 0.569. The third kappa shape index (κ3) is 2.70. The van der Waals surface area contributed by atoms with Gasteiger partial charge in [-0.1, -0.05) is 29.8 Å². The van der Waals surface area contributed by atoms with Crippen molar-refractivity contribution >= 4 is 11.6 Å². The van der Waals surface area contributed by atoms with Gasteiger partial charge in [0.05, 0.1) is 0 Å². The number of hydrogen-bond donors (Lipinski definition) is 1. The Kier molecular flexibility index (Phi) is 4.50. The molecule has 0 amide bonds. The molecule has 0 fully saturated rings. The summed E-state index contributed by atoms with van der Waals surface area (Å²) in [5.41, 5.74) is 5.00. The van der Waals surface area contributed by atoms with Crippen LogP contribution in [0.3, 0.4) is 0 Å². The molecule has 1 rings (SSSR count). The Hall–Kier alpha value is -0.240. The van der Waals surface area contributed by atoms with E-state index in [1.165, 1.54) is 0 Å². The maximum atomic E-state index is 5.88. The van der Waals surface area contributed by atoms with Crippen molar-refractivity contribution in [2.45, 2.75) is 13.0 Å². The Labute approximate surface area is 78.0 Å². The van der Waals surface area contributed by atoms with Gasteiger partial charge in [0.1, 0.15) is 6.04 Å². The molecular formula is C8H11Cl2N. The van der Waals surface area contributed by atoms with Crippen LogP contribution in [0.1, 0.15) is 18.5 Å². The van der Waals surface area contributed by atoms with Crippen LogP contribution in [-0.2, 0) is 0 Å². The highest BCUT2D eigenvalue weighted by atomic mass is 35.5. The zero-order chi connectivity index (χ0) is 7.56. The lowest BCUT2D eigenvalue weighted by Gasteiger charge is -2.02. The lowest BCUT2D eigenvalue weighted by Crippen LogP contribution is -3.00. The molecule has 0 heterocycles. The molecule has 0 saturated carbocycles. The Morgan fingerprint density at radius 2 is 1.91 bits per heavy atom. The summed E-state index contributed by atoms with van der Waals surface area (Å²) in [6.07, 6.45) is 0. The zero-order valence-corrected chi connectivity index (χ0v) is 7.86. The van der Waals surface area contributed by atoms with Gasteiger partial charge < -0.3 is 18.1 Å². The topological polar surface area (TPSA) is 27.6 Å². The van der Waals surface area contributed by atoms with Gasteiger partial charge in [-0.2, -0.15) is 0 Å². The summed E-state index contributed by atoms with van der Waals surface area (Å²) in [4.78, 5) is 0. The molecular weight excluding hydrogens is 181 g/mol. The van der Waals surface area contributed by atoms with Crippen molar-refractivity contribution in [1.82, 2.24) is 0 Å². The SMILES string of the molecule is CC([NH3+])c1ccccc1Cl.[Cl-]. The molecule has 0 radical (unpaired) electrons. The molecule has 1 atom stereocenters. The number of hydrogen-bond acceptors (Lipinski definition) is 0. The summed E-state index contributed by atoms with van der Waals surface area (Å²) >= 11 is 5.88.